The molecule has 110 valence electrons. The molecule has 1 aromatic rings. The summed E-state index contributed by atoms with van der Waals surface area (Å²) in [6, 6.07) is 6.41. The van der Waals surface area contributed by atoms with Gasteiger partial charge in [-0.3, -0.25) is 4.79 Å². The number of carbonyl (C=O) groups excluding carboxylic acids is 1. The highest BCUT2D eigenvalue weighted by Gasteiger charge is 2.23. The van der Waals surface area contributed by atoms with Gasteiger partial charge >= 0.3 is 0 Å². The average molecular weight is 274 g/mol. The van der Waals surface area contributed by atoms with Gasteiger partial charge in [0.1, 0.15) is 0 Å². The Kier molecular flexibility index (Phi) is 5.18. The minimum atomic E-state index is 0.0582. The van der Waals surface area contributed by atoms with Gasteiger partial charge in [-0.05, 0) is 50.3 Å². The summed E-state index contributed by atoms with van der Waals surface area (Å²) < 4.78 is 0. The highest BCUT2D eigenvalue weighted by molar-refractivity contribution is 5.97. The third-order valence-electron chi connectivity index (χ3n) is 4.44. The maximum atomic E-state index is 12.4. The van der Waals surface area contributed by atoms with Gasteiger partial charge in [-0.15, -0.1) is 0 Å². The van der Waals surface area contributed by atoms with Crippen LogP contribution in [0.4, 0.5) is 0 Å². The highest BCUT2D eigenvalue weighted by atomic mass is 16.1. The smallest absolute Gasteiger partial charge is 0.251 e. The molecule has 0 aliphatic carbocycles. The van der Waals surface area contributed by atoms with E-state index >= 15 is 0 Å². The van der Waals surface area contributed by atoms with Crippen molar-refractivity contribution < 1.29 is 4.79 Å². The van der Waals surface area contributed by atoms with E-state index in [1.807, 2.05) is 32.0 Å². The molecular weight excluding hydrogens is 248 g/mol. The fraction of sp³-hybridized carbons (Fsp3) is 0.588. The summed E-state index contributed by atoms with van der Waals surface area (Å²) in [5.41, 5.74) is 2.92. The zero-order valence-corrected chi connectivity index (χ0v) is 12.8. The van der Waals surface area contributed by atoms with Crippen molar-refractivity contribution in [3.05, 3.63) is 34.9 Å². The predicted molar refractivity (Wildman–Crippen MR) is 83.1 cm³/mol. The number of amides is 1. The van der Waals surface area contributed by atoms with E-state index in [4.69, 9.17) is 0 Å². The average Bonchev–Trinajstić information content (AvgIpc) is 2.45. The second-order valence-corrected chi connectivity index (χ2v) is 5.85. The van der Waals surface area contributed by atoms with Crippen LogP contribution >= 0.6 is 0 Å². The second kappa shape index (κ2) is 6.89. The lowest BCUT2D eigenvalue weighted by Crippen LogP contribution is -2.48. The molecule has 20 heavy (non-hydrogen) atoms. The van der Waals surface area contributed by atoms with Crippen molar-refractivity contribution in [1.82, 2.24) is 10.6 Å². The maximum Gasteiger partial charge on any atom is 0.251 e. The van der Waals surface area contributed by atoms with E-state index in [9.17, 15) is 4.79 Å². The van der Waals surface area contributed by atoms with Gasteiger partial charge in [0.25, 0.3) is 5.91 Å². The van der Waals surface area contributed by atoms with Crippen molar-refractivity contribution >= 4 is 5.91 Å². The molecule has 1 aromatic carbocycles. The number of carbonyl (C=O) groups is 1. The van der Waals surface area contributed by atoms with Crippen molar-refractivity contribution in [2.24, 2.45) is 5.92 Å². The molecule has 0 aromatic heterocycles. The van der Waals surface area contributed by atoms with Crippen LogP contribution < -0.4 is 10.6 Å². The zero-order chi connectivity index (χ0) is 14.5. The monoisotopic (exact) mass is 274 g/mol. The summed E-state index contributed by atoms with van der Waals surface area (Å²) >= 11 is 0. The summed E-state index contributed by atoms with van der Waals surface area (Å²) in [5.74, 6) is 0.741. The van der Waals surface area contributed by atoms with E-state index in [0.29, 0.717) is 12.0 Å². The van der Waals surface area contributed by atoms with Crippen molar-refractivity contribution in [2.75, 3.05) is 13.1 Å². The molecule has 3 heteroatoms. The van der Waals surface area contributed by atoms with E-state index in [1.54, 1.807) is 0 Å². The molecule has 0 radical (unpaired) electrons. The number of benzene rings is 1. The summed E-state index contributed by atoms with van der Waals surface area (Å²) in [4.78, 5) is 12.4. The third-order valence-corrected chi connectivity index (χ3v) is 4.44. The van der Waals surface area contributed by atoms with Gasteiger partial charge in [0.05, 0.1) is 0 Å². The van der Waals surface area contributed by atoms with Crippen molar-refractivity contribution in [3.63, 3.8) is 0 Å². The number of piperidine rings is 1. The molecule has 1 aliphatic heterocycles. The van der Waals surface area contributed by atoms with Gasteiger partial charge in [0.2, 0.25) is 0 Å². The van der Waals surface area contributed by atoms with E-state index < -0.39 is 0 Å². The number of hydrogen-bond donors (Lipinski definition) is 2. The van der Waals surface area contributed by atoms with Crippen LogP contribution in [0, 0.1) is 19.8 Å². The minimum absolute atomic E-state index is 0.0582. The standard InChI is InChI=1S/C17H26N2O/c1-4-14-9-6-10-18-15(14)11-19-17(20)16-12(2)7-5-8-13(16)3/h5,7-8,14-15,18H,4,6,9-11H2,1-3H3,(H,19,20). The van der Waals surface area contributed by atoms with Crippen LogP contribution in [0.15, 0.2) is 18.2 Å². The van der Waals surface area contributed by atoms with Gasteiger partial charge < -0.3 is 10.6 Å². The summed E-state index contributed by atoms with van der Waals surface area (Å²) in [5, 5.41) is 6.65. The first-order valence-electron chi connectivity index (χ1n) is 7.71. The topological polar surface area (TPSA) is 41.1 Å². The van der Waals surface area contributed by atoms with E-state index in [-0.39, 0.29) is 5.91 Å². The van der Waals surface area contributed by atoms with Crippen molar-refractivity contribution in [3.8, 4) is 0 Å². The number of aryl methyl sites for hydroxylation is 2. The van der Waals surface area contributed by atoms with E-state index in [1.165, 1.54) is 19.3 Å². The van der Waals surface area contributed by atoms with Crippen LogP contribution in [-0.4, -0.2) is 25.0 Å². The summed E-state index contributed by atoms with van der Waals surface area (Å²) in [6.45, 7) is 8.02. The first-order chi connectivity index (χ1) is 9.63. The van der Waals surface area contributed by atoms with Crippen molar-refractivity contribution in [1.29, 1.82) is 0 Å². The molecule has 3 nitrogen and oxygen atoms in total. The Bertz CT molecular complexity index is 450. The fourth-order valence-electron chi connectivity index (χ4n) is 3.21. The Morgan fingerprint density at radius 1 is 1.35 bits per heavy atom. The summed E-state index contributed by atoms with van der Waals surface area (Å²) in [7, 11) is 0. The quantitative estimate of drug-likeness (QED) is 0.886. The fourth-order valence-corrected chi connectivity index (χ4v) is 3.21. The normalized spacial score (nSPS) is 22.6. The third kappa shape index (κ3) is 3.40. The molecule has 2 atom stereocenters. The van der Waals surface area contributed by atoms with Gasteiger partial charge in [-0.2, -0.15) is 0 Å². The lowest BCUT2D eigenvalue weighted by molar-refractivity contribution is 0.0941. The van der Waals surface area contributed by atoms with E-state index in [2.05, 4.69) is 17.6 Å². The second-order valence-electron chi connectivity index (χ2n) is 5.85. The predicted octanol–water partition coefficient (Wildman–Crippen LogP) is 2.81. The maximum absolute atomic E-state index is 12.4. The number of rotatable bonds is 4. The molecule has 2 rings (SSSR count). The molecule has 0 spiro atoms. The molecule has 1 saturated heterocycles. The van der Waals surface area contributed by atoms with Crippen LogP contribution in [0.1, 0.15) is 47.7 Å². The van der Waals surface area contributed by atoms with Gasteiger partial charge in [-0.1, -0.05) is 31.5 Å². The van der Waals surface area contributed by atoms with Gasteiger partial charge in [0.15, 0.2) is 0 Å². The lowest BCUT2D eigenvalue weighted by atomic mass is 9.88. The molecule has 2 unspecified atom stereocenters. The Balaban J connectivity index is 1.98. The lowest BCUT2D eigenvalue weighted by Gasteiger charge is -2.32. The molecule has 2 N–H and O–H groups in total. The molecule has 1 amide bonds. The van der Waals surface area contributed by atoms with Crippen LogP contribution in [-0.2, 0) is 0 Å². The van der Waals surface area contributed by atoms with Crippen LogP contribution in [0.3, 0.4) is 0 Å². The Hall–Kier alpha value is -1.35. The first-order valence-corrected chi connectivity index (χ1v) is 7.71. The Morgan fingerprint density at radius 3 is 2.70 bits per heavy atom. The first kappa shape index (κ1) is 15.0. The van der Waals surface area contributed by atoms with Crippen LogP contribution in [0.5, 0.6) is 0 Å². The van der Waals surface area contributed by atoms with Crippen LogP contribution in [0.2, 0.25) is 0 Å². The molecule has 1 aliphatic rings. The molecule has 0 bridgehead atoms. The molecule has 1 fully saturated rings. The molecule has 1 heterocycles. The highest BCUT2D eigenvalue weighted by Crippen LogP contribution is 2.19. The molecular formula is C17H26N2O. The molecule has 0 saturated carbocycles. The zero-order valence-electron chi connectivity index (χ0n) is 12.8. The van der Waals surface area contributed by atoms with Crippen molar-refractivity contribution in [2.45, 2.75) is 46.1 Å². The van der Waals surface area contributed by atoms with Crippen LogP contribution in [0.25, 0.3) is 0 Å². The van der Waals surface area contributed by atoms with E-state index in [0.717, 1.165) is 29.8 Å². The SMILES string of the molecule is CCC1CCCNC1CNC(=O)c1c(C)cccc1C. The Morgan fingerprint density at radius 2 is 2.05 bits per heavy atom. The van der Waals surface area contributed by atoms with Gasteiger partial charge in [-0.25, -0.2) is 0 Å². The Labute approximate surface area is 122 Å². The minimum Gasteiger partial charge on any atom is -0.350 e. The van der Waals surface area contributed by atoms with Gasteiger partial charge in [0, 0.05) is 18.2 Å². The summed E-state index contributed by atoms with van der Waals surface area (Å²) in [6.07, 6.45) is 3.70. The largest absolute Gasteiger partial charge is 0.350 e. The number of hydrogen-bond acceptors (Lipinski definition) is 2. The number of nitrogens with one attached hydrogen (secondary N) is 2.